The molecule has 0 spiro atoms. The van der Waals surface area contributed by atoms with E-state index in [9.17, 15) is 58.2 Å². The number of rotatable bonds is 25. The predicted octanol–water partition coefficient (Wildman–Crippen LogP) is -4.39. The van der Waals surface area contributed by atoms with Crippen LogP contribution in [0.2, 0.25) is 0 Å². The van der Waals surface area contributed by atoms with E-state index in [-0.39, 0.29) is 12.3 Å². The maximum absolute atomic E-state index is 13.1. The summed E-state index contributed by atoms with van der Waals surface area (Å²) >= 11 is 0. The molecular weight excluding hydrogens is 706 g/mol. The molecule has 0 rings (SSSR count). The minimum atomic E-state index is -1.70. The first kappa shape index (κ1) is 47.6. The number of hydrogen-bond acceptors (Lipinski definition) is 12. The Balaban J connectivity index is 5.46. The molecule has 0 aliphatic carbocycles. The molecule has 0 radical (unpaired) electrons. The molecule has 0 bridgehead atoms. The number of carboxylic acid groups (broad SMARTS) is 3. The maximum Gasteiger partial charge on any atom is 0.325 e. The Morgan fingerprint density at radius 1 is 0.547 bits per heavy atom. The number of hydrogen-bond donors (Lipinski definition) is 12. The summed E-state index contributed by atoms with van der Waals surface area (Å²) in [5, 5.41) is 43.2. The van der Waals surface area contributed by atoms with Gasteiger partial charge in [0.25, 0.3) is 0 Å². The van der Waals surface area contributed by atoms with Crippen molar-refractivity contribution >= 4 is 59.3 Å². The highest BCUT2D eigenvalue weighted by atomic mass is 16.4. The Kier molecular flexibility index (Phi) is 21.5. The lowest BCUT2D eigenvalue weighted by Gasteiger charge is -2.26. The summed E-state index contributed by atoms with van der Waals surface area (Å²) in [6.07, 6.45) is -0.244. The van der Waals surface area contributed by atoms with E-state index in [1.54, 1.807) is 13.8 Å². The van der Waals surface area contributed by atoms with Gasteiger partial charge in [-0.2, -0.15) is 0 Å². The van der Waals surface area contributed by atoms with Crippen molar-refractivity contribution in [2.75, 3.05) is 13.1 Å². The molecule has 22 heteroatoms. The normalized spacial score (nSPS) is 14.8. The molecule has 0 aromatic rings. The third-order valence-corrected chi connectivity index (χ3v) is 7.34. The van der Waals surface area contributed by atoms with Crippen LogP contribution in [0, 0.1) is 5.92 Å². The van der Waals surface area contributed by atoms with Crippen LogP contribution in [0.5, 0.6) is 0 Å². The average Bonchev–Trinajstić information content (AvgIpc) is 3.05. The lowest BCUT2D eigenvalue weighted by molar-refractivity contribution is -0.143. The summed E-state index contributed by atoms with van der Waals surface area (Å²) in [5.41, 5.74) is 11.2. The van der Waals surface area contributed by atoms with Gasteiger partial charge in [0.05, 0.1) is 25.4 Å². The third-order valence-electron chi connectivity index (χ3n) is 7.34. The SMILES string of the molecule is CC(C)CC(NC(=O)C(C)NC(=O)C(C)NC(=O)C(CC(=O)O)NC(=O)CNC(=O)C(N)CCCCN)C(=O)NC(CC(=O)O)C(=O)NC(C)C(=O)O. The minimum absolute atomic E-state index is 0.000394. The van der Waals surface area contributed by atoms with Crippen LogP contribution in [0.4, 0.5) is 0 Å². The smallest absolute Gasteiger partial charge is 0.325 e. The van der Waals surface area contributed by atoms with Crippen molar-refractivity contribution in [2.45, 2.75) is 115 Å². The first-order chi connectivity index (χ1) is 24.6. The molecule has 22 nitrogen and oxygen atoms in total. The van der Waals surface area contributed by atoms with Crippen molar-refractivity contribution in [1.82, 2.24) is 37.2 Å². The van der Waals surface area contributed by atoms with Crippen LogP contribution < -0.4 is 48.7 Å². The number of carbonyl (C=O) groups is 10. The first-order valence-corrected chi connectivity index (χ1v) is 16.8. The average molecular weight is 760 g/mol. The summed E-state index contributed by atoms with van der Waals surface area (Å²) in [6.45, 7) is 6.78. The van der Waals surface area contributed by atoms with Gasteiger partial charge >= 0.3 is 17.9 Å². The Labute approximate surface area is 305 Å². The standard InChI is InChI=1S/C31H53N9O13/c1-14(2)10-19(30(51)40-21(12-24(44)45)29(50)37-17(5)31(52)53)39-26(47)16(4)35-25(46)15(3)36-28(49)20(11-23(42)43)38-22(41)13-34-27(48)18(33)8-6-7-9-32/h14-21H,6-13,32-33H2,1-5H3,(H,34,48)(H,35,46)(H,36,49)(H,37,50)(H,38,41)(H,39,47)(H,40,51)(H,42,43)(H,44,45)(H,52,53). The molecule has 7 atom stereocenters. The van der Waals surface area contributed by atoms with Crippen LogP contribution in [0.15, 0.2) is 0 Å². The Morgan fingerprint density at radius 3 is 1.45 bits per heavy atom. The largest absolute Gasteiger partial charge is 0.481 e. The predicted molar refractivity (Wildman–Crippen MR) is 184 cm³/mol. The molecular formula is C31H53N9O13. The highest BCUT2D eigenvalue weighted by molar-refractivity contribution is 5.98. The maximum atomic E-state index is 13.1. The van der Waals surface area contributed by atoms with E-state index in [1.165, 1.54) is 13.8 Å². The molecule has 53 heavy (non-hydrogen) atoms. The van der Waals surface area contributed by atoms with Crippen LogP contribution in [-0.2, 0) is 47.9 Å². The molecule has 0 aromatic carbocycles. The van der Waals surface area contributed by atoms with Crippen LogP contribution in [0.25, 0.3) is 0 Å². The molecule has 0 aromatic heterocycles. The van der Waals surface area contributed by atoms with E-state index >= 15 is 0 Å². The third kappa shape index (κ3) is 19.7. The van der Waals surface area contributed by atoms with Crippen molar-refractivity contribution in [2.24, 2.45) is 17.4 Å². The van der Waals surface area contributed by atoms with Crippen LogP contribution in [0.1, 0.15) is 73.1 Å². The molecule has 14 N–H and O–H groups in total. The van der Waals surface area contributed by atoms with E-state index in [0.29, 0.717) is 25.8 Å². The van der Waals surface area contributed by atoms with Crippen molar-refractivity contribution in [1.29, 1.82) is 0 Å². The fraction of sp³-hybridized carbons (Fsp3) is 0.677. The zero-order valence-electron chi connectivity index (χ0n) is 30.4. The summed E-state index contributed by atoms with van der Waals surface area (Å²) in [5.74, 6) is -11.1. The molecule has 0 saturated heterocycles. The fourth-order valence-electron chi connectivity index (χ4n) is 4.38. The quantitative estimate of drug-likeness (QED) is 0.0391. The van der Waals surface area contributed by atoms with Crippen LogP contribution in [0.3, 0.4) is 0 Å². The molecule has 7 unspecified atom stereocenters. The molecule has 0 heterocycles. The summed E-state index contributed by atoms with van der Waals surface area (Å²) in [6, 6.07) is -9.73. The number of nitrogens with one attached hydrogen (secondary N) is 7. The highest BCUT2D eigenvalue weighted by Crippen LogP contribution is 2.07. The van der Waals surface area contributed by atoms with Gasteiger partial charge in [-0.1, -0.05) is 20.3 Å². The van der Waals surface area contributed by atoms with Crippen LogP contribution >= 0.6 is 0 Å². The molecule has 0 fully saturated rings. The van der Waals surface area contributed by atoms with Gasteiger partial charge in [0.1, 0.15) is 36.3 Å². The van der Waals surface area contributed by atoms with E-state index in [4.69, 9.17) is 16.6 Å². The highest BCUT2D eigenvalue weighted by Gasteiger charge is 2.32. The summed E-state index contributed by atoms with van der Waals surface area (Å²) in [7, 11) is 0. The van der Waals surface area contributed by atoms with E-state index in [0.717, 1.165) is 6.92 Å². The molecule has 0 saturated carbocycles. The number of amides is 7. The van der Waals surface area contributed by atoms with E-state index < -0.39 is 121 Å². The number of aliphatic carboxylic acids is 3. The lowest BCUT2D eigenvalue weighted by atomic mass is 10.0. The summed E-state index contributed by atoms with van der Waals surface area (Å²) < 4.78 is 0. The van der Waals surface area contributed by atoms with Crippen molar-refractivity contribution in [3.05, 3.63) is 0 Å². The van der Waals surface area contributed by atoms with Gasteiger partial charge in [-0.15, -0.1) is 0 Å². The Bertz CT molecular complexity index is 1340. The number of carbonyl (C=O) groups excluding carboxylic acids is 7. The van der Waals surface area contributed by atoms with Gasteiger partial charge in [-0.25, -0.2) is 0 Å². The van der Waals surface area contributed by atoms with Gasteiger partial charge < -0.3 is 64.0 Å². The second kappa shape index (κ2) is 24.0. The van der Waals surface area contributed by atoms with Crippen molar-refractivity contribution < 1.29 is 63.3 Å². The summed E-state index contributed by atoms with van der Waals surface area (Å²) in [4.78, 5) is 123. The number of carboxylic acids is 3. The molecule has 7 amide bonds. The van der Waals surface area contributed by atoms with Gasteiger partial charge in [-0.05, 0) is 52.5 Å². The molecule has 0 aliphatic heterocycles. The zero-order valence-corrected chi connectivity index (χ0v) is 30.4. The topological polar surface area (TPSA) is 368 Å². The van der Waals surface area contributed by atoms with Crippen molar-refractivity contribution in [3.8, 4) is 0 Å². The molecule has 300 valence electrons. The lowest BCUT2D eigenvalue weighted by Crippen LogP contribution is -2.59. The minimum Gasteiger partial charge on any atom is -0.481 e. The monoisotopic (exact) mass is 759 g/mol. The molecule has 0 aliphatic rings. The number of unbranched alkanes of at least 4 members (excludes halogenated alkanes) is 1. The van der Waals surface area contributed by atoms with Gasteiger partial charge in [-0.3, -0.25) is 47.9 Å². The Hall–Kier alpha value is -5.38. The second-order valence-electron chi connectivity index (χ2n) is 12.7. The zero-order chi connectivity index (χ0) is 41.0. The van der Waals surface area contributed by atoms with E-state index in [1.807, 2.05) is 0 Å². The first-order valence-electron chi connectivity index (χ1n) is 16.8. The van der Waals surface area contributed by atoms with Crippen molar-refractivity contribution in [3.63, 3.8) is 0 Å². The van der Waals surface area contributed by atoms with Crippen LogP contribution in [-0.4, -0.2) is 130 Å². The number of nitrogens with two attached hydrogens (primary N) is 2. The fourth-order valence-corrected chi connectivity index (χ4v) is 4.38. The van der Waals surface area contributed by atoms with Gasteiger partial charge in [0.15, 0.2) is 0 Å². The van der Waals surface area contributed by atoms with E-state index in [2.05, 4.69) is 37.2 Å². The Morgan fingerprint density at radius 2 is 0.981 bits per heavy atom. The van der Waals surface area contributed by atoms with Gasteiger partial charge in [0.2, 0.25) is 41.4 Å². The second-order valence-corrected chi connectivity index (χ2v) is 12.7. The van der Waals surface area contributed by atoms with Gasteiger partial charge in [0, 0.05) is 0 Å².